The average Bonchev–Trinajstić information content (AvgIpc) is 2.85. The van der Waals surface area contributed by atoms with Gasteiger partial charge in [-0.1, -0.05) is 32.1 Å². The summed E-state index contributed by atoms with van der Waals surface area (Å²) in [6, 6.07) is -0.592. The highest BCUT2D eigenvalue weighted by Gasteiger charge is 2.41. The van der Waals surface area contributed by atoms with Gasteiger partial charge in [0.1, 0.15) is 0 Å². The molecule has 0 aromatic carbocycles. The molecule has 0 aromatic rings. The first-order chi connectivity index (χ1) is 10.0. The van der Waals surface area contributed by atoms with E-state index in [0.29, 0.717) is 19.3 Å². The molecule has 2 fully saturated rings. The smallest absolute Gasteiger partial charge is 0.315 e. The fraction of sp³-hybridized carbons (Fsp3) is 0.867. The van der Waals surface area contributed by atoms with Crippen molar-refractivity contribution in [3.05, 3.63) is 0 Å². The van der Waals surface area contributed by atoms with Gasteiger partial charge in [0, 0.05) is 6.54 Å². The summed E-state index contributed by atoms with van der Waals surface area (Å²) in [5.74, 6) is -0.824. The molecule has 4 N–H and O–H groups in total. The fourth-order valence-corrected chi connectivity index (χ4v) is 3.44. The number of carboxylic acids is 1. The number of urea groups is 1. The Morgan fingerprint density at radius 2 is 1.71 bits per heavy atom. The molecule has 0 heterocycles. The minimum atomic E-state index is -0.824. The maximum Gasteiger partial charge on any atom is 0.315 e. The molecule has 2 aliphatic rings. The molecule has 0 bridgehead atoms. The summed E-state index contributed by atoms with van der Waals surface area (Å²) in [6.45, 7) is 0.164. The van der Waals surface area contributed by atoms with E-state index < -0.39 is 17.5 Å². The number of hydrogen-bond acceptors (Lipinski definition) is 3. The van der Waals surface area contributed by atoms with Crippen molar-refractivity contribution in [1.82, 2.24) is 10.6 Å². The molecule has 0 aliphatic heterocycles. The van der Waals surface area contributed by atoms with Gasteiger partial charge in [-0.2, -0.15) is 0 Å². The number of carbonyl (C=O) groups excluding carboxylic acids is 1. The van der Waals surface area contributed by atoms with E-state index in [4.69, 9.17) is 0 Å². The van der Waals surface area contributed by atoms with Crippen LogP contribution in [0.25, 0.3) is 0 Å². The number of nitrogens with one attached hydrogen (secondary N) is 2. The first kappa shape index (κ1) is 16.1. The van der Waals surface area contributed by atoms with Crippen LogP contribution in [-0.2, 0) is 4.79 Å². The lowest BCUT2D eigenvalue weighted by Gasteiger charge is -2.26. The van der Waals surface area contributed by atoms with E-state index >= 15 is 0 Å². The van der Waals surface area contributed by atoms with E-state index in [-0.39, 0.29) is 18.6 Å². The summed E-state index contributed by atoms with van der Waals surface area (Å²) in [5, 5.41) is 24.8. The molecular formula is C15H26N2O4. The zero-order valence-corrected chi connectivity index (χ0v) is 12.4. The van der Waals surface area contributed by atoms with Crippen molar-refractivity contribution in [2.75, 3.05) is 6.54 Å². The van der Waals surface area contributed by atoms with Gasteiger partial charge in [-0.05, 0) is 25.7 Å². The number of amides is 2. The standard InChI is InChI=1S/C15H26N2O4/c18-12-7-3-1-2-6-11(12)17-14(21)16-10-15(13(19)20)8-4-5-9-15/h11-12,18H,1-10H2,(H,19,20)(H2,16,17,21). The van der Waals surface area contributed by atoms with Crippen molar-refractivity contribution < 1.29 is 19.8 Å². The predicted molar refractivity (Wildman–Crippen MR) is 78.0 cm³/mol. The molecule has 6 nitrogen and oxygen atoms in total. The molecular weight excluding hydrogens is 272 g/mol. The molecule has 0 spiro atoms. The molecule has 120 valence electrons. The van der Waals surface area contributed by atoms with E-state index in [1.165, 1.54) is 0 Å². The molecule has 2 aliphatic carbocycles. The lowest BCUT2D eigenvalue weighted by molar-refractivity contribution is -0.148. The van der Waals surface area contributed by atoms with Gasteiger partial charge in [-0.15, -0.1) is 0 Å². The zero-order chi connectivity index (χ0) is 15.3. The minimum Gasteiger partial charge on any atom is -0.481 e. The molecule has 2 unspecified atom stereocenters. The van der Waals surface area contributed by atoms with Crippen LogP contribution in [0, 0.1) is 5.41 Å². The Balaban J connectivity index is 1.82. The summed E-state index contributed by atoms with van der Waals surface area (Å²) in [5.41, 5.74) is -0.806. The van der Waals surface area contributed by atoms with E-state index in [1.54, 1.807) is 0 Å². The zero-order valence-electron chi connectivity index (χ0n) is 12.4. The van der Waals surface area contributed by atoms with Crippen molar-refractivity contribution in [1.29, 1.82) is 0 Å². The third-order valence-electron chi connectivity index (χ3n) is 4.90. The van der Waals surface area contributed by atoms with Gasteiger partial charge < -0.3 is 20.8 Å². The van der Waals surface area contributed by atoms with Crippen molar-refractivity contribution in [3.8, 4) is 0 Å². The second-order valence-corrected chi connectivity index (χ2v) is 6.43. The summed E-state index contributed by atoms with van der Waals surface area (Å²) >= 11 is 0. The van der Waals surface area contributed by atoms with Crippen LogP contribution in [0.3, 0.4) is 0 Å². The van der Waals surface area contributed by atoms with Crippen LogP contribution in [-0.4, -0.2) is 40.9 Å². The Morgan fingerprint density at radius 3 is 2.38 bits per heavy atom. The van der Waals surface area contributed by atoms with Gasteiger partial charge in [0.25, 0.3) is 0 Å². The summed E-state index contributed by atoms with van der Waals surface area (Å²) in [6.07, 6.45) is 7.10. The molecule has 0 saturated heterocycles. The molecule has 0 radical (unpaired) electrons. The van der Waals surface area contributed by atoms with Gasteiger partial charge in [0.15, 0.2) is 0 Å². The number of aliphatic carboxylic acids is 1. The van der Waals surface area contributed by atoms with E-state index in [1.807, 2.05) is 0 Å². The fourth-order valence-electron chi connectivity index (χ4n) is 3.44. The van der Waals surface area contributed by atoms with E-state index in [2.05, 4.69) is 10.6 Å². The van der Waals surface area contributed by atoms with Crippen LogP contribution in [0.2, 0.25) is 0 Å². The van der Waals surface area contributed by atoms with Crippen LogP contribution < -0.4 is 10.6 Å². The normalized spacial score (nSPS) is 28.6. The third kappa shape index (κ3) is 4.09. The quantitative estimate of drug-likeness (QED) is 0.593. The van der Waals surface area contributed by atoms with Crippen LogP contribution in [0.5, 0.6) is 0 Å². The van der Waals surface area contributed by atoms with Gasteiger partial charge in [0.05, 0.1) is 17.6 Å². The second kappa shape index (κ2) is 7.11. The Labute approximate surface area is 125 Å². The summed E-state index contributed by atoms with van der Waals surface area (Å²) < 4.78 is 0. The van der Waals surface area contributed by atoms with Gasteiger partial charge in [0.2, 0.25) is 0 Å². The monoisotopic (exact) mass is 298 g/mol. The number of carbonyl (C=O) groups is 2. The van der Waals surface area contributed by atoms with Crippen LogP contribution >= 0.6 is 0 Å². The number of carboxylic acid groups (broad SMARTS) is 1. The van der Waals surface area contributed by atoms with E-state index in [9.17, 15) is 19.8 Å². The SMILES string of the molecule is O=C(NCC1(C(=O)O)CCCC1)NC1CCCCCC1O. The molecule has 6 heteroatoms. The number of hydrogen-bond donors (Lipinski definition) is 4. The third-order valence-corrected chi connectivity index (χ3v) is 4.90. The van der Waals surface area contributed by atoms with Gasteiger partial charge in [-0.3, -0.25) is 4.79 Å². The minimum absolute atomic E-state index is 0.164. The van der Waals surface area contributed by atoms with Crippen LogP contribution in [0.1, 0.15) is 57.8 Å². The van der Waals surface area contributed by atoms with Crippen LogP contribution in [0.4, 0.5) is 4.79 Å². The second-order valence-electron chi connectivity index (χ2n) is 6.43. The van der Waals surface area contributed by atoms with Gasteiger partial charge in [-0.25, -0.2) is 4.79 Å². The lowest BCUT2D eigenvalue weighted by atomic mass is 9.86. The Kier molecular flexibility index (Phi) is 5.45. The highest BCUT2D eigenvalue weighted by molar-refractivity contribution is 5.78. The molecule has 21 heavy (non-hydrogen) atoms. The maximum atomic E-state index is 12.0. The topological polar surface area (TPSA) is 98.7 Å². The first-order valence-electron chi connectivity index (χ1n) is 7.99. The molecule has 2 amide bonds. The number of aliphatic hydroxyl groups excluding tert-OH is 1. The number of aliphatic hydroxyl groups is 1. The highest BCUT2D eigenvalue weighted by atomic mass is 16.4. The van der Waals surface area contributed by atoms with Crippen molar-refractivity contribution in [2.45, 2.75) is 69.9 Å². The molecule has 0 aromatic heterocycles. The summed E-state index contributed by atoms with van der Waals surface area (Å²) in [4.78, 5) is 23.4. The van der Waals surface area contributed by atoms with E-state index in [0.717, 1.165) is 38.5 Å². The van der Waals surface area contributed by atoms with Crippen LogP contribution in [0.15, 0.2) is 0 Å². The highest BCUT2D eigenvalue weighted by Crippen LogP contribution is 2.37. The molecule has 2 rings (SSSR count). The maximum absolute atomic E-state index is 12.0. The molecule has 2 saturated carbocycles. The van der Waals surface area contributed by atoms with Crippen molar-refractivity contribution in [2.24, 2.45) is 5.41 Å². The first-order valence-corrected chi connectivity index (χ1v) is 7.99. The van der Waals surface area contributed by atoms with Crippen molar-refractivity contribution >= 4 is 12.0 Å². The lowest BCUT2D eigenvalue weighted by Crippen LogP contribution is -2.50. The predicted octanol–water partition coefficient (Wildman–Crippen LogP) is 1.62. The molecule has 2 atom stereocenters. The Bertz CT molecular complexity index is 380. The average molecular weight is 298 g/mol. The number of rotatable bonds is 4. The largest absolute Gasteiger partial charge is 0.481 e. The Hall–Kier alpha value is -1.30. The Morgan fingerprint density at radius 1 is 1.05 bits per heavy atom. The van der Waals surface area contributed by atoms with Crippen molar-refractivity contribution in [3.63, 3.8) is 0 Å². The summed E-state index contributed by atoms with van der Waals surface area (Å²) in [7, 11) is 0. The van der Waals surface area contributed by atoms with Gasteiger partial charge >= 0.3 is 12.0 Å².